The number of ether oxygens (including phenoxy) is 1. The number of para-hydroxylation sites is 1. The maximum atomic E-state index is 11.4. The summed E-state index contributed by atoms with van der Waals surface area (Å²) in [7, 11) is 0. The summed E-state index contributed by atoms with van der Waals surface area (Å²) in [6, 6.07) is 15.4. The molecule has 1 amide bonds. The zero-order valence-electron chi connectivity index (χ0n) is 13.4. The van der Waals surface area contributed by atoms with Crippen molar-refractivity contribution >= 4 is 17.2 Å². The fraction of sp³-hybridized carbons (Fsp3) is 0.158. The number of aromatic nitrogens is 1. The second-order valence-corrected chi connectivity index (χ2v) is 6.20. The molecule has 0 spiro atoms. The fourth-order valence-electron chi connectivity index (χ4n) is 2.34. The Morgan fingerprint density at radius 3 is 2.62 bits per heavy atom. The van der Waals surface area contributed by atoms with Crippen LogP contribution in [0.4, 0.5) is 0 Å². The van der Waals surface area contributed by atoms with Crippen LogP contribution in [0.1, 0.15) is 28.5 Å². The molecule has 5 heteroatoms. The Labute approximate surface area is 144 Å². The van der Waals surface area contributed by atoms with Gasteiger partial charge in [-0.2, -0.15) is 0 Å². The van der Waals surface area contributed by atoms with Gasteiger partial charge in [0.05, 0.1) is 11.3 Å². The lowest BCUT2D eigenvalue weighted by Crippen LogP contribution is -2.12. The lowest BCUT2D eigenvalue weighted by molar-refractivity contribution is 0.0996. The van der Waals surface area contributed by atoms with Crippen molar-refractivity contribution in [2.24, 2.45) is 5.73 Å². The highest BCUT2D eigenvalue weighted by atomic mass is 32.1. The van der Waals surface area contributed by atoms with E-state index in [1.54, 1.807) is 29.5 Å². The molecule has 0 atom stereocenters. The predicted octanol–water partition coefficient (Wildman–Crippen LogP) is 4.05. The van der Waals surface area contributed by atoms with Crippen LogP contribution in [0.25, 0.3) is 10.6 Å². The summed E-state index contributed by atoms with van der Waals surface area (Å²) < 4.78 is 5.71. The number of aryl methyl sites for hydroxylation is 1. The number of carbonyl (C=O) groups is 1. The quantitative estimate of drug-likeness (QED) is 0.737. The molecule has 1 aromatic heterocycles. The topological polar surface area (TPSA) is 65.2 Å². The van der Waals surface area contributed by atoms with Gasteiger partial charge in [0.25, 0.3) is 5.91 Å². The number of carbonyl (C=O) groups excluding carboxylic acids is 1. The Kier molecular flexibility index (Phi) is 4.91. The Hall–Kier alpha value is -2.66. The summed E-state index contributed by atoms with van der Waals surface area (Å²) in [5.41, 5.74) is 8.97. The Bertz CT molecular complexity index is 841. The van der Waals surface area contributed by atoms with E-state index in [4.69, 9.17) is 10.5 Å². The van der Waals surface area contributed by atoms with E-state index in [-0.39, 0.29) is 0 Å². The minimum atomic E-state index is -0.499. The summed E-state index contributed by atoms with van der Waals surface area (Å²) in [5.74, 6) is -0.0209. The van der Waals surface area contributed by atoms with Gasteiger partial charge in [0.15, 0.2) is 0 Å². The first kappa shape index (κ1) is 16.2. The minimum Gasteiger partial charge on any atom is -0.486 e. The van der Waals surface area contributed by atoms with Crippen LogP contribution in [0.2, 0.25) is 0 Å². The Morgan fingerprint density at radius 1 is 1.17 bits per heavy atom. The summed E-state index contributed by atoms with van der Waals surface area (Å²) in [5, 5.41) is 2.93. The van der Waals surface area contributed by atoms with Crippen molar-refractivity contribution in [3.63, 3.8) is 0 Å². The van der Waals surface area contributed by atoms with Gasteiger partial charge in [-0.1, -0.05) is 43.3 Å². The molecule has 3 aromatic rings. The lowest BCUT2D eigenvalue weighted by atomic mass is 10.1. The molecule has 2 aromatic carbocycles. The highest BCUT2D eigenvalue weighted by molar-refractivity contribution is 7.13. The molecule has 4 nitrogen and oxygen atoms in total. The molecule has 0 radical (unpaired) electrons. The van der Waals surface area contributed by atoms with E-state index in [1.807, 2.05) is 11.4 Å². The van der Waals surface area contributed by atoms with Crippen molar-refractivity contribution in [2.75, 3.05) is 0 Å². The number of rotatable bonds is 6. The monoisotopic (exact) mass is 338 g/mol. The molecule has 1 heterocycles. The zero-order chi connectivity index (χ0) is 16.9. The first-order valence-electron chi connectivity index (χ1n) is 7.72. The third-order valence-corrected chi connectivity index (χ3v) is 4.63. The van der Waals surface area contributed by atoms with E-state index in [0.29, 0.717) is 17.9 Å². The number of primary amides is 1. The van der Waals surface area contributed by atoms with E-state index in [0.717, 1.165) is 22.7 Å². The first-order chi connectivity index (χ1) is 11.7. The van der Waals surface area contributed by atoms with Crippen molar-refractivity contribution in [2.45, 2.75) is 20.0 Å². The molecule has 0 unspecified atom stereocenters. The van der Waals surface area contributed by atoms with Gasteiger partial charge in [-0.15, -0.1) is 11.3 Å². The van der Waals surface area contributed by atoms with Crippen LogP contribution in [0.15, 0.2) is 53.9 Å². The van der Waals surface area contributed by atoms with Gasteiger partial charge < -0.3 is 10.5 Å². The Morgan fingerprint density at radius 2 is 1.92 bits per heavy atom. The molecular formula is C19H18N2O2S. The molecule has 0 bridgehead atoms. The molecule has 0 fully saturated rings. The molecule has 0 aliphatic rings. The van der Waals surface area contributed by atoms with Crippen molar-refractivity contribution in [3.05, 3.63) is 70.7 Å². The van der Waals surface area contributed by atoms with Crippen LogP contribution in [0, 0.1) is 0 Å². The number of hydrogen-bond acceptors (Lipinski definition) is 4. The SMILES string of the molecule is CCc1ccc(-c2nc(COc3ccccc3C(N)=O)cs2)cc1. The van der Waals surface area contributed by atoms with Crippen molar-refractivity contribution in [1.29, 1.82) is 0 Å². The van der Waals surface area contributed by atoms with Gasteiger partial charge in [0.2, 0.25) is 0 Å². The second kappa shape index (κ2) is 7.27. The van der Waals surface area contributed by atoms with Crippen LogP contribution in [-0.4, -0.2) is 10.9 Å². The summed E-state index contributed by atoms with van der Waals surface area (Å²) in [4.78, 5) is 16.0. The lowest BCUT2D eigenvalue weighted by Gasteiger charge is -2.07. The van der Waals surface area contributed by atoms with Crippen LogP contribution < -0.4 is 10.5 Å². The number of nitrogens with two attached hydrogens (primary N) is 1. The van der Waals surface area contributed by atoms with Gasteiger partial charge in [-0.25, -0.2) is 4.98 Å². The highest BCUT2D eigenvalue weighted by Crippen LogP contribution is 2.25. The molecule has 0 saturated heterocycles. The third kappa shape index (κ3) is 3.63. The van der Waals surface area contributed by atoms with Gasteiger partial charge in [-0.3, -0.25) is 4.79 Å². The smallest absolute Gasteiger partial charge is 0.252 e. The zero-order valence-corrected chi connectivity index (χ0v) is 14.2. The Balaban J connectivity index is 1.71. The number of nitrogens with zero attached hydrogens (tertiary/aromatic N) is 1. The summed E-state index contributed by atoms with van der Waals surface area (Å²) in [6.45, 7) is 2.44. The van der Waals surface area contributed by atoms with Gasteiger partial charge in [0.1, 0.15) is 17.4 Å². The number of thiazole rings is 1. The molecule has 3 rings (SSSR count). The normalized spacial score (nSPS) is 10.5. The van der Waals surface area contributed by atoms with E-state index in [2.05, 4.69) is 36.2 Å². The van der Waals surface area contributed by atoms with Crippen molar-refractivity contribution in [1.82, 2.24) is 4.98 Å². The molecule has 0 saturated carbocycles. The van der Waals surface area contributed by atoms with Crippen LogP contribution in [0.3, 0.4) is 0 Å². The standard InChI is InChI=1S/C19H18N2O2S/c1-2-13-7-9-14(10-8-13)19-21-15(12-24-19)11-23-17-6-4-3-5-16(17)18(20)22/h3-10,12H,2,11H2,1H3,(H2,20,22). The van der Waals surface area contributed by atoms with E-state index >= 15 is 0 Å². The molecule has 0 aliphatic carbocycles. The van der Waals surface area contributed by atoms with Gasteiger partial charge in [-0.05, 0) is 24.1 Å². The molecular weight excluding hydrogens is 320 g/mol. The molecule has 24 heavy (non-hydrogen) atoms. The van der Waals surface area contributed by atoms with Crippen molar-refractivity contribution < 1.29 is 9.53 Å². The fourth-order valence-corrected chi connectivity index (χ4v) is 3.15. The maximum absolute atomic E-state index is 11.4. The highest BCUT2D eigenvalue weighted by Gasteiger charge is 2.10. The van der Waals surface area contributed by atoms with Gasteiger partial charge >= 0.3 is 0 Å². The van der Waals surface area contributed by atoms with E-state index in [9.17, 15) is 4.79 Å². The number of amides is 1. The average molecular weight is 338 g/mol. The van der Waals surface area contributed by atoms with Crippen LogP contribution >= 0.6 is 11.3 Å². The molecule has 0 aliphatic heterocycles. The second-order valence-electron chi connectivity index (χ2n) is 5.34. The van der Waals surface area contributed by atoms with Crippen LogP contribution in [-0.2, 0) is 13.0 Å². The van der Waals surface area contributed by atoms with E-state index < -0.39 is 5.91 Å². The van der Waals surface area contributed by atoms with Gasteiger partial charge in [0, 0.05) is 10.9 Å². The van der Waals surface area contributed by atoms with E-state index in [1.165, 1.54) is 5.56 Å². The first-order valence-corrected chi connectivity index (χ1v) is 8.60. The average Bonchev–Trinajstić information content (AvgIpc) is 3.09. The largest absolute Gasteiger partial charge is 0.486 e. The van der Waals surface area contributed by atoms with Crippen LogP contribution in [0.5, 0.6) is 5.75 Å². The third-order valence-electron chi connectivity index (χ3n) is 3.69. The summed E-state index contributed by atoms with van der Waals surface area (Å²) >= 11 is 1.58. The molecule has 2 N–H and O–H groups in total. The van der Waals surface area contributed by atoms with Crippen molar-refractivity contribution in [3.8, 4) is 16.3 Å². The maximum Gasteiger partial charge on any atom is 0.252 e. The summed E-state index contributed by atoms with van der Waals surface area (Å²) in [6.07, 6.45) is 1.02. The number of benzene rings is 2. The predicted molar refractivity (Wildman–Crippen MR) is 96.2 cm³/mol. The molecule has 122 valence electrons. The number of hydrogen-bond donors (Lipinski definition) is 1. The minimum absolute atomic E-state index is 0.299.